The third-order valence-electron chi connectivity index (χ3n) is 0.287. The molecule has 0 spiro atoms. The van der Waals surface area contributed by atoms with Gasteiger partial charge < -0.3 is 4.74 Å². The van der Waals surface area contributed by atoms with Crippen LogP contribution in [0.3, 0.4) is 0 Å². The molecular weight excluding hydrogens is 112 g/mol. The van der Waals surface area contributed by atoms with Crippen LogP contribution < -0.4 is 4.97 Å². The number of hydrogen-bond donors (Lipinski definition) is 0. The molecule has 0 aliphatic carbocycles. The fraction of sp³-hybridized carbons (Fsp3) is 0.667. The number of carbonyl (C=O) groups excluding carboxylic acids is 1. The molecule has 46 valence electrons. The summed E-state index contributed by atoms with van der Waals surface area (Å²) in [4.78, 5) is 19.0. The number of nitroso groups, excluding NO2 is 1. The van der Waals surface area contributed by atoms with Crippen molar-refractivity contribution in [1.29, 1.82) is 0 Å². The zero-order valence-corrected chi connectivity index (χ0v) is 4.62. The van der Waals surface area contributed by atoms with E-state index in [-0.39, 0.29) is 5.97 Å². The van der Waals surface area contributed by atoms with E-state index in [4.69, 9.17) is 10.4 Å². The molecule has 0 heterocycles. The van der Waals surface area contributed by atoms with Gasteiger partial charge in [0.25, 0.3) is 0 Å². The SMILES string of the molecule is COC(C)=O.[N-]=[N+]=O. The molecule has 0 saturated carbocycles. The highest BCUT2D eigenvalue weighted by Crippen LogP contribution is 1.60. The maximum Gasteiger partial charge on any atom is 0.302 e. The number of carbonyl (C=O) groups is 1. The molecule has 0 saturated heterocycles. The maximum atomic E-state index is 9.59. The van der Waals surface area contributed by atoms with Gasteiger partial charge in [-0.3, -0.25) is 10.3 Å². The Labute approximate surface area is 46.1 Å². The Hall–Kier alpha value is -1.22. The normalized spacial score (nSPS) is 5.25. The van der Waals surface area contributed by atoms with E-state index in [1.54, 1.807) is 0 Å². The zero-order chi connectivity index (χ0) is 6.99. The van der Waals surface area contributed by atoms with Crippen molar-refractivity contribution in [1.82, 2.24) is 4.97 Å². The van der Waals surface area contributed by atoms with Gasteiger partial charge in [-0.05, 0) is 0 Å². The fourth-order valence-electron chi connectivity index (χ4n) is 0. The van der Waals surface area contributed by atoms with Crippen molar-refractivity contribution in [2.75, 3.05) is 7.11 Å². The van der Waals surface area contributed by atoms with E-state index in [0.717, 1.165) is 0 Å². The van der Waals surface area contributed by atoms with Gasteiger partial charge in [-0.1, -0.05) is 0 Å². The highest BCUT2D eigenvalue weighted by atomic mass is 16.5. The Bertz CT molecular complexity index is 94.7. The van der Waals surface area contributed by atoms with E-state index in [2.05, 4.69) is 4.74 Å². The van der Waals surface area contributed by atoms with Gasteiger partial charge in [-0.15, -0.1) is 0 Å². The number of ether oxygens (including phenoxy) is 1. The Balaban J connectivity index is 0. The molecular formula is C3H6N2O3. The smallest absolute Gasteiger partial charge is 0.302 e. The van der Waals surface area contributed by atoms with Crippen LogP contribution in [0.5, 0.6) is 0 Å². The predicted octanol–water partition coefficient (Wildman–Crippen LogP) is 0.0209. The van der Waals surface area contributed by atoms with Crippen LogP contribution in [0.15, 0.2) is 0 Å². The molecule has 0 bridgehead atoms. The molecule has 0 unspecified atom stereocenters. The second-order valence-corrected chi connectivity index (χ2v) is 0.777. The quantitative estimate of drug-likeness (QED) is 0.255. The van der Waals surface area contributed by atoms with Gasteiger partial charge in [-0.25, -0.2) is 0 Å². The van der Waals surface area contributed by atoms with Crippen LogP contribution in [0.2, 0.25) is 0 Å². The summed E-state index contributed by atoms with van der Waals surface area (Å²) in [6.07, 6.45) is 0. The number of rotatable bonds is 0. The molecule has 0 aliphatic rings. The van der Waals surface area contributed by atoms with Gasteiger partial charge >= 0.3 is 5.97 Å². The van der Waals surface area contributed by atoms with Gasteiger partial charge in [0.05, 0.1) is 7.11 Å². The largest absolute Gasteiger partial charge is 0.469 e. The first kappa shape index (κ1) is 9.91. The van der Waals surface area contributed by atoms with Crippen molar-refractivity contribution in [3.8, 4) is 0 Å². The first-order chi connectivity index (χ1) is 3.68. The highest BCUT2D eigenvalue weighted by molar-refractivity contribution is 5.65. The Morgan fingerprint density at radius 1 is 1.75 bits per heavy atom. The lowest BCUT2D eigenvalue weighted by molar-refractivity contribution is -0.137. The molecule has 0 atom stereocenters. The summed E-state index contributed by atoms with van der Waals surface area (Å²) in [5, 5.41) is 0. The van der Waals surface area contributed by atoms with Crippen LogP contribution in [-0.2, 0) is 9.53 Å². The molecule has 0 N–H and O–H groups in total. The first-order valence-electron chi connectivity index (χ1n) is 1.70. The Kier molecular flexibility index (Phi) is 11.5. The molecule has 5 nitrogen and oxygen atoms in total. The summed E-state index contributed by atoms with van der Waals surface area (Å²) in [7, 11) is 1.35. The molecule has 0 aromatic carbocycles. The van der Waals surface area contributed by atoms with E-state index in [1.807, 2.05) is 0 Å². The van der Waals surface area contributed by atoms with Gasteiger partial charge in [-0.2, -0.15) is 0 Å². The summed E-state index contributed by atoms with van der Waals surface area (Å²) in [6.45, 7) is 1.36. The van der Waals surface area contributed by atoms with E-state index in [1.165, 1.54) is 19.0 Å². The van der Waals surface area contributed by atoms with E-state index in [9.17, 15) is 4.79 Å². The lowest BCUT2D eigenvalue weighted by Gasteiger charge is -1.80. The second kappa shape index (κ2) is 9.24. The highest BCUT2D eigenvalue weighted by Gasteiger charge is 1.75. The first-order valence-corrected chi connectivity index (χ1v) is 1.70. The molecule has 0 amide bonds. The summed E-state index contributed by atoms with van der Waals surface area (Å²) < 4.78 is 4.11. The van der Waals surface area contributed by atoms with Gasteiger partial charge in [0, 0.05) is 6.92 Å². The fourth-order valence-corrected chi connectivity index (χ4v) is 0. The Morgan fingerprint density at radius 2 is 1.88 bits per heavy atom. The number of esters is 1. The summed E-state index contributed by atoms with van der Waals surface area (Å²) in [6, 6.07) is 0. The van der Waals surface area contributed by atoms with E-state index >= 15 is 0 Å². The lowest BCUT2D eigenvalue weighted by atomic mass is 10.8. The van der Waals surface area contributed by atoms with Crippen molar-refractivity contribution in [3.05, 3.63) is 10.4 Å². The van der Waals surface area contributed by atoms with Crippen molar-refractivity contribution < 1.29 is 9.53 Å². The average molecular weight is 118 g/mol. The summed E-state index contributed by atoms with van der Waals surface area (Å²) >= 11 is 0. The van der Waals surface area contributed by atoms with E-state index < -0.39 is 0 Å². The summed E-state index contributed by atoms with van der Waals surface area (Å²) in [5.74, 6) is -0.245. The Morgan fingerprint density at radius 3 is 1.88 bits per heavy atom. The molecule has 0 aliphatic heterocycles. The minimum absolute atomic E-state index is 0.245. The molecule has 0 aromatic rings. The monoisotopic (exact) mass is 118 g/mol. The third-order valence-corrected chi connectivity index (χ3v) is 0.287. The van der Waals surface area contributed by atoms with Gasteiger partial charge in [0.2, 0.25) is 0 Å². The average Bonchev–Trinajstić information content (AvgIpc) is 1.69. The van der Waals surface area contributed by atoms with E-state index in [0.29, 0.717) is 0 Å². The van der Waals surface area contributed by atoms with Crippen molar-refractivity contribution in [2.24, 2.45) is 0 Å². The zero-order valence-electron chi connectivity index (χ0n) is 4.62. The van der Waals surface area contributed by atoms with Crippen LogP contribution in [0.25, 0.3) is 5.53 Å². The molecule has 0 aromatic heterocycles. The minimum Gasteiger partial charge on any atom is -0.469 e. The predicted molar refractivity (Wildman–Crippen MR) is 26.5 cm³/mol. The van der Waals surface area contributed by atoms with Crippen LogP contribution in [0.4, 0.5) is 0 Å². The standard InChI is InChI=1S/C3H6O2.N2O/c1-3(4)5-2;1-2-3/h1-2H3;. The van der Waals surface area contributed by atoms with Crippen LogP contribution >= 0.6 is 0 Å². The summed E-state index contributed by atoms with van der Waals surface area (Å²) in [5.41, 5.74) is 6.64. The minimum atomic E-state index is -0.245. The van der Waals surface area contributed by atoms with Gasteiger partial charge in [0.1, 0.15) is 4.97 Å². The van der Waals surface area contributed by atoms with Crippen molar-refractivity contribution in [3.63, 3.8) is 0 Å². The van der Waals surface area contributed by atoms with Crippen LogP contribution in [0, 0.1) is 4.91 Å². The van der Waals surface area contributed by atoms with Crippen LogP contribution in [0.1, 0.15) is 6.92 Å². The van der Waals surface area contributed by atoms with Crippen LogP contribution in [-0.4, -0.2) is 13.1 Å². The molecule has 8 heavy (non-hydrogen) atoms. The molecule has 0 rings (SSSR count). The maximum absolute atomic E-state index is 9.59. The molecule has 0 radical (unpaired) electrons. The lowest BCUT2D eigenvalue weighted by Crippen LogP contribution is -1.88. The topological polar surface area (TPSA) is 79.8 Å². The third kappa shape index (κ3) is 112. The van der Waals surface area contributed by atoms with Crippen molar-refractivity contribution in [2.45, 2.75) is 6.92 Å². The molecule has 0 fully saturated rings. The van der Waals surface area contributed by atoms with Crippen molar-refractivity contribution >= 4 is 5.97 Å². The second-order valence-electron chi connectivity index (χ2n) is 0.777. The van der Waals surface area contributed by atoms with Gasteiger partial charge in [0.15, 0.2) is 4.91 Å². The number of hydrogen-bond acceptors (Lipinski definition) is 3. The molecule has 5 heteroatoms. The number of nitrogens with zero attached hydrogens (tertiary/aromatic N) is 2. The number of methoxy groups -OCH3 is 1.